The SMILES string of the molecule is C=Cc1ccc(OCCCCCCOc2ccc3c(c2)c2cc(-c4ccc(N(c5ccccc5)c5ccc6c(c5)C(CCCCOc5ccc(C=C)cc5)(c5ccccc5)c5ccccc5-6)cc4)ccc2n3-c2ccccc2)cc1. The van der Waals surface area contributed by atoms with Crippen LogP contribution in [-0.2, 0) is 5.41 Å². The first-order valence-corrected chi connectivity index (χ1v) is 28.3. The Bertz CT molecular complexity index is 3890. The third-order valence-electron chi connectivity index (χ3n) is 15.9. The molecule has 1 heterocycles. The maximum atomic E-state index is 6.46. The van der Waals surface area contributed by atoms with Crippen molar-refractivity contribution in [1.29, 1.82) is 0 Å². The number of rotatable bonds is 23. The molecule has 0 saturated heterocycles. The Labute approximate surface area is 471 Å². The second-order valence-electron chi connectivity index (χ2n) is 20.8. The van der Waals surface area contributed by atoms with Gasteiger partial charge in [-0.3, -0.25) is 0 Å². The molecule has 1 unspecified atom stereocenters. The van der Waals surface area contributed by atoms with E-state index >= 15 is 0 Å². The summed E-state index contributed by atoms with van der Waals surface area (Å²) in [5.74, 6) is 2.68. The fourth-order valence-electron chi connectivity index (χ4n) is 11.9. The number of fused-ring (bicyclic) bond motifs is 6. The Morgan fingerprint density at radius 2 is 0.887 bits per heavy atom. The summed E-state index contributed by atoms with van der Waals surface area (Å²) in [6.45, 7) is 9.77. The second kappa shape index (κ2) is 23.7. The van der Waals surface area contributed by atoms with E-state index in [1.807, 2.05) is 48.6 Å². The van der Waals surface area contributed by atoms with E-state index in [1.165, 1.54) is 38.6 Å². The summed E-state index contributed by atoms with van der Waals surface area (Å²) in [7, 11) is 0. The van der Waals surface area contributed by atoms with Crippen LogP contribution in [0.5, 0.6) is 17.2 Å². The number of hydrogen-bond donors (Lipinski definition) is 0. The van der Waals surface area contributed by atoms with Crippen LogP contribution in [0.15, 0.2) is 256 Å². The van der Waals surface area contributed by atoms with Gasteiger partial charge in [-0.25, -0.2) is 0 Å². The van der Waals surface area contributed by atoms with Gasteiger partial charge in [0.2, 0.25) is 0 Å². The molecule has 11 aromatic rings. The van der Waals surface area contributed by atoms with E-state index in [0.717, 1.165) is 118 Å². The lowest BCUT2D eigenvalue weighted by Crippen LogP contribution is -2.27. The van der Waals surface area contributed by atoms with Gasteiger partial charge in [-0.2, -0.15) is 0 Å². The summed E-state index contributed by atoms with van der Waals surface area (Å²) < 4.78 is 21.1. The molecule has 0 saturated carbocycles. The normalized spacial score (nSPS) is 13.4. The van der Waals surface area contributed by atoms with E-state index in [9.17, 15) is 0 Å². The number of para-hydroxylation sites is 2. The van der Waals surface area contributed by atoms with Gasteiger partial charge in [0.1, 0.15) is 17.2 Å². The number of unbranched alkanes of at least 4 members (excludes halogenated alkanes) is 4. The molecule has 1 aliphatic rings. The number of nitrogens with zero attached hydrogens (tertiary/aromatic N) is 2. The molecule has 0 N–H and O–H groups in total. The Balaban J connectivity index is 0.821. The lowest BCUT2D eigenvalue weighted by atomic mass is 9.69. The molecule has 0 aliphatic heterocycles. The standard InChI is InChI=1S/C75H66N2O3/c1-3-55-30-40-64(41-31-55)78-49-19-5-6-20-50-80-66-44-47-74-70(54-66)69-52-58(36-46-73(69)77(74)61-26-14-9-15-27-61)57-34-37-62(38-35-57)76(60-24-12-8-13-25-60)63-39-45-68-67-28-16-17-29-71(67)75(72(68)53-63,59-22-10-7-11-23-59)48-18-21-51-79-65-42-32-56(4-2)33-43-65/h3-4,7-17,22-47,52-54H,1-2,5-6,18-21,48-51H2. The molecule has 1 aromatic heterocycles. The Morgan fingerprint density at radius 1 is 0.388 bits per heavy atom. The van der Waals surface area contributed by atoms with Gasteiger partial charge in [0, 0.05) is 38.9 Å². The minimum Gasteiger partial charge on any atom is -0.494 e. The first-order valence-electron chi connectivity index (χ1n) is 28.3. The summed E-state index contributed by atoms with van der Waals surface area (Å²) >= 11 is 0. The molecule has 10 aromatic carbocycles. The highest BCUT2D eigenvalue weighted by atomic mass is 16.5. The van der Waals surface area contributed by atoms with E-state index < -0.39 is 0 Å². The number of aromatic nitrogens is 1. The zero-order valence-electron chi connectivity index (χ0n) is 45.4. The molecule has 394 valence electrons. The fraction of sp³-hybridized carbons (Fsp3) is 0.147. The monoisotopic (exact) mass is 1040 g/mol. The summed E-state index contributed by atoms with van der Waals surface area (Å²) in [6.07, 6.45) is 10.7. The summed E-state index contributed by atoms with van der Waals surface area (Å²) in [5.41, 5.74) is 17.5. The zero-order chi connectivity index (χ0) is 54.1. The molecule has 5 heteroatoms. The minimum atomic E-state index is -0.355. The van der Waals surface area contributed by atoms with Crippen LogP contribution in [0.2, 0.25) is 0 Å². The van der Waals surface area contributed by atoms with E-state index in [-0.39, 0.29) is 5.41 Å². The molecular weight excluding hydrogens is 977 g/mol. The number of hydrogen-bond acceptors (Lipinski definition) is 4. The Hall–Kier alpha value is -9.32. The second-order valence-corrected chi connectivity index (χ2v) is 20.8. The van der Waals surface area contributed by atoms with Crippen molar-refractivity contribution in [2.24, 2.45) is 0 Å². The summed E-state index contributed by atoms with van der Waals surface area (Å²) in [4.78, 5) is 2.41. The van der Waals surface area contributed by atoms with Gasteiger partial charge in [0.15, 0.2) is 0 Å². The predicted octanol–water partition coefficient (Wildman–Crippen LogP) is 19.8. The average Bonchev–Trinajstić information content (AvgIpc) is 3.61. The van der Waals surface area contributed by atoms with Crippen LogP contribution in [0.1, 0.15) is 72.8 Å². The van der Waals surface area contributed by atoms with Crippen molar-refractivity contribution in [3.05, 3.63) is 284 Å². The largest absolute Gasteiger partial charge is 0.494 e. The lowest BCUT2D eigenvalue weighted by molar-refractivity contribution is 0.288. The zero-order valence-corrected chi connectivity index (χ0v) is 45.4. The van der Waals surface area contributed by atoms with Crippen molar-refractivity contribution in [1.82, 2.24) is 4.57 Å². The van der Waals surface area contributed by atoms with Gasteiger partial charge in [0.25, 0.3) is 0 Å². The van der Waals surface area contributed by atoms with E-state index in [0.29, 0.717) is 19.8 Å². The van der Waals surface area contributed by atoms with E-state index in [4.69, 9.17) is 14.2 Å². The first-order chi connectivity index (χ1) is 39.6. The van der Waals surface area contributed by atoms with Crippen LogP contribution in [0, 0.1) is 0 Å². The van der Waals surface area contributed by atoms with Crippen LogP contribution in [-0.4, -0.2) is 24.4 Å². The molecule has 80 heavy (non-hydrogen) atoms. The molecule has 0 radical (unpaired) electrons. The first kappa shape index (κ1) is 51.4. The smallest absolute Gasteiger partial charge is 0.120 e. The average molecular weight is 1040 g/mol. The third-order valence-corrected chi connectivity index (χ3v) is 15.9. The fourth-order valence-corrected chi connectivity index (χ4v) is 11.9. The van der Waals surface area contributed by atoms with Crippen LogP contribution in [0.25, 0.3) is 61.9 Å². The van der Waals surface area contributed by atoms with Crippen LogP contribution < -0.4 is 19.1 Å². The van der Waals surface area contributed by atoms with Gasteiger partial charge >= 0.3 is 0 Å². The summed E-state index contributed by atoms with van der Waals surface area (Å²) in [6, 6.07) is 87.6. The number of anilines is 3. The Kier molecular flexibility index (Phi) is 15.3. The maximum absolute atomic E-state index is 6.46. The van der Waals surface area contributed by atoms with Crippen molar-refractivity contribution in [3.8, 4) is 45.2 Å². The van der Waals surface area contributed by atoms with Crippen LogP contribution >= 0.6 is 0 Å². The lowest BCUT2D eigenvalue weighted by Gasteiger charge is -2.34. The molecule has 1 aliphatic carbocycles. The predicted molar refractivity (Wildman–Crippen MR) is 335 cm³/mol. The molecule has 1 atom stereocenters. The van der Waals surface area contributed by atoms with E-state index in [2.05, 4.69) is 229 Å². The molecule has 5 nitrogen and oxygen atoms in total. The van der Waals surface area contributed by atoms with Gasteiger partial charge in [-0.1, -0.05) is 165 Å². The molecular formula is C75H66N2O3. The highest BCUT2D eigenvalue weighted by Crippen LogP contribution is 2.56. The molecule has 0 bridgehead atoms. The maximum Gasteiger partial charge on any atom is 0.120 e. The van der Waals surface area contributed by atoms with Gasteiger partial charge < -0.3 is 23.7 Å². The van der Waals surface area contributed by atoms with Gasteiger partial charge in [-0.15, -0.1) is 0 Å². The number of benzene rings is 10. The van der Waals surface area contributed by atoms with Crippen molar-refractivity contribution in [3.63, 3.8) is 0 Å². The van der Waals surface area contributed by atoms with Crippen molar-refractivity contribution >= 4 is 51.0 Å². The van der Waals surface area contributed by atoms with Gasteiger partial charge in [-0.05, 0) is 198 Å². The Morgan fingerprint density at radius 3 is 1.54 bits per heavy atom. The molecule has 0 spiro atoms. The topological polar surface area (TPSA) is 35.9 Å². The summed E-state index contributed by atoms with van der Waals surface area (Å²) in [5, 5.41) is 2.36. The van der Waals surface area contributed by atoms with Crippen LogP contribution in [0.4, 0.5) is 17.1 Å². The van der Waals surface area contributed by atoms with Gasteiger partial charge in [0.05, 0.1) is 30.9 Å². The van der Waals surface area contributed by atoms with Crippen molar-refractivity contribution < 1.29 is 14.2 Å². The van der Waals surface area contributed by atoms with E-state index in [1.54, 1.807) is 0 Å². The van der Waals surface area contributed by atoms with Crippen molar-refractivity contribution in [2.45, 2.75) is 50.4 Å². The molecule has 0 amide bonds. The molecule has 0 fully saturated rings. The molecule has 12 rings (SSSR count). The minimum absolute atomic E-state index is 0.355. The quantitative estimate of drug-likeness (QED) is 0.0598. The highest BCUT2D eigenvalue weighted by molar-refractivity contribution is 6.11. The van der Waals surface area contributed by atoms with Crippen LogP contribution in [0.3, 0.4) is 0 Å². The third kappa shape index (κ3) is 10.6. The number of ether oxygens (including phenoxy) is 3. The van der Waals surface area contributed by atoms with Crippen molar-refractivity contribution in [2.75, 3.05) is 24.7 Å². The highest BCUT2D eigenvalue weighted by Gasteiger charge is 2.44.